The van der Waals surface area contributed by atoms with Gasteiger partial charge in [0.15, 0.2) is 22.5 Å². The van der Waals surface area contributed by atoms with Gasteiger partial charge in [-0.2, -0.15) is 0 Å². The largest absolute Gasteiger partial charge is 0.382 e. The van der Waals surface area contributed by atoms with E-state index in [9.17, 15) is 0 Å². The van der Waals surface area contributed by atoms with Crippen molar-refractivity contribution in [1.82, 2.24) is 24.9 Å². The van der Waals surface area contributed by atoms with E-state index in [-0.39, 0.29) is 0 Å². The van der Waals surface area contributed by atoms with Crippen LogP contribution in [0.4, 0.5) is 16.8 Å². The van der Waals surface area contributed by atoms with Crippen LogP contribution in [0, 0.1) is 0 Å². The van der Waals surface area contributed by atoms with Gasteiger partial charge in [0.1, 0.15) is 5.82 Å². The van der Waals surface area contributed by atoms with Gasteiger partial charge in [0.25, 0.3) is 0 Å². The molecule has 1 fully saturated rings. The monoisotopic (exact) mass is 378 g/mol. The Balaban J connectivity index is 1.41. The molecule has 136 valence electrons. The molecule has 9 heteroatoms. The quantitative estimate of drug-likeness (QED) is 0.564. The van der Waals surface area contributed by atoms with Crippen molar-refractivity contribution in [1.29, 1.82) is 0 Å². The molecule has 4 heterocycles. The molecule has 0 aliphatic carbocycles. The minimum atomic E-state index is 0.374. The predicted octanol–water partition coefficient (Wildman–Crippen LogP) is 2.39. The van der Waals surface area contributed by atoms with Gasteiger partial charge in [0.05, 0.1) is 17.2 Å². The normalized spacial score (nSPS) is 14.8. The van der Waals surface area contributed by atoms with Gasteiger partial charge in [-0.05, 0) is 12.1 Å². The fourth-order valence-electron chi connectivity index (χ4n) is 3.28. The van der Waals surface area contributed by atoms with E-state index < -0.39 is 0 Å². The van der Waals surface area contributed by atoms with Gasteiger partial charge in [-0.25, -0.2) is 19.9 Å². The average molecular weight is 378 g/mol. The molecule has 3 aromatic heterocycles. The number of thiazole rings is 1. The van der Waals surface area contributed by atoms with Gasteiger partial charge in [0, 0.05) is 37.8 Å². The first-order valence-electron chi connectivity index (χ1n) is 8.75. The van der Waals surface area contributed by atoms with Gasteiger partial charge in [-0.3, -0.25) is 0 Å². The smallest absolute Gasteiger partial charge is 0.185 e. The van der Waals surface area contributed by atoms with Crippen molar-refractivity contribution in [3.05, 3.63) is 42.0 Å². The lowest BCUT2D eigenvalue weighted by Gasteiger charge is -2.35. The Kier molecular flexibility index (Phi) is 3.86. The SMILES string of the molecule is Nc1ncc(N2CCN(c3nccs3)CC2)nc1-c1nc2ccccc2[nH]1. The molecule has 8 nitrogen and oxygen atoms in total. The standard InChI is InChI=1S/C18H18N8S/c19-16-15(17-22-12-3-1-2-4-13(12)23-17)24-14(11-21-16)25-6-8-26(9-7-25)18-20-5-10-27-18/h1-5,10-11H,6-9H2,(H2,19,21)(H,22,23). The highest BCUT2D eigenvalue weighted by Crippen LogP contribution is 2.26. The number of hydrogen-bond acceptors (Lipinski definition) is 8. The first-order valence-corrected chi connectivity index (χ1v) is 9.63. The Morgan fingerprint density at radius 2 is 1.81 bits per heavy atom. The van der Waals surface area contributed by atoms with E-state index in [0.29, 0.717) is 17.3 Å². The summed E-state index contributed by atoms with van der Waals surface area (Å²) in [6, 6.07) is 7.87. The maximum atomic E-state index is 6.09. The zero-order valence-electron chi connectivity index (χ0n) is 14.5. The lowest BCUT2D eigenvalue weighted by atomic mass is 10.3. The number of benzene rings is 1. The maximum absolute atomic E-state index is 6.09. The maximum Gasteiger partial charge on any atom is 0.185 e. The molecule has 0 spiro atoms. The van der Waals surface area contributed by atoms with E-state index in [2.05, 4.69) is 29.7 Å². The minimum Gasteiger partial charge on any atom is -0.382 e. The summed E-state index contributed by atoms with van der Waals surface area (Å²) in [7, 11) is 0. The van der Waals surface area contributed by atoms with Crippen molar-refractivity contribution in [2.45, 2.75) is 0 Å². The highest BCUT2D eigenvalue weighted by atomic mass is 32.1. The van der Waals surface area contributed by atoms with Gasteiger partial charge < -0.3 is 20.5 Å². The zero-order chi connectivity index (χ0) is 18.2. The van der Waals surface area contributed by atoms with Crippen molar-refractivity contribution in [2.24, 2.45) is 0 Å². The highest BCUT2D eigenvalue weighted by molar-refractivity contribution is 7.13. The molecule has 4 aromatic rings. The lowest BCUT2D eigenvalue weighted by Crippen LogP contribution is -2.46. The molecule has 1 aromatic carbocycles. The molecule has 1 saturated heterocycles. The number of anilines is 3. The van der Waals surface area contributed by atoms with E-state index in [1.54, 1.807) is 17.5 Å². The third kappa shape index (κ3) is 2.95. The second kappa shape index (κ2) is 6.51. The minimum absolute atomic E-state index is 0.374. The molecule has 0 amide bonds. The van der Waals surface area contributed by atoms with Crippen LogP contribution >= 0.6 is 11.3 Å². The second-order valence-electron chi connectivity index (χ2n) is 6.35. The predicted molar refractivity (Wildman–Crippen MR) is 108 cm³/mol. The molecule has 0 bridgehead atoms. The molecule has 0 radical (unpaired) electrons. The number of aromatic amines is 1. The number of nitrogens with one attached hydrogen (secondary N) is 1. The fraction of sp³-hybridized carbons (Fsp3) is 0.222. The number of para-hydroxylation sites is 2. The Morgan fingerprint density at radius 3 is 2.59 bits per heavy atom. The summed E-state index contributed by atoms with van der Waals surface area (Å²) in [6.07, 6.45) is 3.58. The molecule has 5 rings (SSSR count). The number of piperazine rings is 1. The van der Waals surface area contributed by atoms with E-state index in [4.69, 9.17) is 10.7 Å². The second-order valence-corrected chi connectivity index (χ2v) is 7.23. The number of aromatic nitrogens is 5. The van der Waals surface area contributed by atoms with Crippen LogP contribution in [0.3, 0.4) is 0 Å². The number of hydrogen-bond donors (Lipinski definition) is 2. The van der Waals surface area contributed by atoms with Gasteiger partial charge in [-0.15, -0.1) is 11.3 Å². The van der Waals surface area contributed by atoms with E-state index in [0.717, 1.165) is 48.2 Å². The molecule has 0 unspecified atom stereocenters. The summed E-state index contributed by atoms with van der Waals surface area (Å²) in [5.41, 5.74) is 8.52. The highest BCUT2D eigenvalue weighted by Gasteiger charge is 2.21. The summed E-state index contributed by atoms with van der Waals surface area (Å²) < 4.78 is 0. The van der Waals surface area contributed by atoms with Crippen LogP contribution in [0.5, 0.6) is 0 Å². The molecule has 0 saturated carbocycles. The first kappa shape index (κ1) is 16.0. The number of nitrogen functional groups attached to an aromatic ring is 1. The van der Waals surface area contributed by atoms with Gasteiger partial charge in [0.2, 0.25) is 0 Å². The van der Waals surface area contributed by atoms with Crippen LogP contribution < -0.4 is 15.5 Å². The molecule has 1 aliphatic heterocycles. The van der Waals surface area contributed by atoms with Crippen LogP contribution in [0.1, 0.15) is 0 Å². The summed E-state index contributed by atoms with van der Waals surface area (Å²) in [6.45, 7) is 3.52. The van der Waals surface area contributed by atoms with Crippen molar-refractivity contribution >= 4 is 39.1 Å². The number of imidazole rings is 1. The number of H-pyrrole nitrogens is 1. The van der Waals surface area contributed by atoms with Crippen LogP contribution in [-0.4, -0.2) is 51.1 Å². The Labute approximate surface area is 159 Å². The summed E-state index contributed by atoms with van der Waals surface area (Å²) in [5.74, 6) is 1.84. The Morgan fingerprint density at radius 1 is 1.00 bits per heavy atom. The third-order valence-electron chi connectivity index (χ3n) is 4.70. The number of nitrogens with zero attached hydrogens (tertiary/aromatic N) is 6. The van der Waals surface area contributed by atoms with E-state index >= 15 is 0 Å². The molecule has 3 N–H and O–H groups in total. The third-order valence-corrected chi connectivity index (χ3v) is 5.53. The average Bonchev–Trinajstić information content (AvgIpc) is 3.38. The summed E-state index contributed by atoms with van der Waals surface area (Å²) >= 11 is 1.67. The van der Waals surface area contributed by atoms with Gasteiger partial charge >= 0.3 is 0 Å². The topological polar surface area (TPSA) is 99.8 Å². The Bertz CT molecular complexity index is 1030. The molecule has 27 heavy (non-hydrogen) atoms. The van der Waals surface area contributed by atoms with Crippen molar-refractivity contribution in [3.8, 4) is 11.5 Å². The Hall–Kier alpha value is -3.20. The molecular weight excluding hydrogens is 360 g/mol. The first-order chi connectivity index (χ1) is 13.3. The number of fused-ring (bicyclic) bond motifs is 1. The van der Waals surface area contributed by atoms with Gasteiger partial charge in [-0.1, -0.05) is 12.1 Å². The van der Waals surface area contributed by atoms with E-state index in [1.165, 1.54) is 0 Å². The summed E-state index contributed by atoms with van der Waals surface area (Å²) in [5, 5.41) is 3.08. The lowest BCUT2D eigenvalue weighted by molar-refractivity contribution is 0.645. The number of rotatable bonds is 3. The molecular formula is C18H18N8S. The zero-order valence-corrected chi connectivity index (χ0v) is 15.4. The molecule has 0 atom stereocenters. The number of nitrogens with two attached hydrogens (primary N) is 1. The summed E-state index contributed by atoms with van der Waals surface area (Å²) in [4.78, 5) is 25.9. The van der Waals surface area contributed by atoms with Crippen LogP contribution in [0.15, 0.2) is 42.0 Å². The molecule has 1 aliphatic rings. The van der Waals surface area contributed by atoms with Crippen LogP contribution in [0.25, 0.3) is 22.6 Å². The van der Waals surface area contributed by atoms with Crippen molar-refractivity contribution < 1.29 is 0 Å². The fourth-order valence-corrected chi connectivity index (χ4v) is 3.98. The van der Waals surface area contributed by atoms with Crippen LogP contribution in [0.2, 0.25) is 0 Å². The van der Waals surface area contributed by atoms with E-state index in [1.807, 2.05) is 35.8 Å². The van der Waals surface area contributed by atoms with Crippen LogP contribution in [-0.2, 0) is 0 Å². The van der Waals surface area contributed by atoms with Crippen molar-refractivity contribution in [3.63, 3.8) is 0 Å². The van der Waals surface area contributed by atoms with Crippen molar-refractivity contribution in [2.75, 3.05) is 41.7 Å².